The minimum Gasteiger partial charge on any atom is -0.508 e. The number of hydrogen-bond donors (Lipinski definition) is 6. The summed E-state index contributed by atoms with van der Waals surface area (Å²) < 4.78 is 5.46. The first-order chi connectivity index (χ1) is 13.0. The van der Waals surface area contributed by atoms with E-state index in [4.69, 9.17) is 4.74 Å². The Morgan fingerprint density at radius 3 is 2.52 bits per heavy atom. The average Bonchev–Trinajstić information content (AvgIpc) is 2.67. The van der Waals surface area contributed by atoms with Gasteiger partial charge in [0, 0.05) is 18.7 Å². The van der Waals surface area contributed by atoms with Crippen molar-refractivity contribution in [3.63, 3.8) is 0 Å². The molecule has 0 heterocycles. The summed E-state index contributed by atoms with van der Waals surface area (Å²) in [6, 6.07) is 10.8. The van der Waals surface area contributed by atoms with E-state index in [0.29, 0.717) is 18.6 Å². The molecule has 6 N–H and O–H groups in total. The summed E-state index contributed by atoms with van der Waals surface area (Å²) in [6.45, 7) is 0.101. The molecule has 0 bridgehead atoms. The summed E-state index contributed by atoms with van der Waals surface area (Å²) in [6.07, 6.45) is 0.166. The molecular weight excluding hydrogens is 352 g/mol. The van der Waals surface area contributed by atoms with E-state index in [2.05, 4.69) is 10.6 Å². The summed E-state index contributed by atoms with van der Waals surface area (Å²) in [5.74, 6) is 0.483. The molecule has 2 atom stereocenters. The maximum absolute atomic E-state index is 10.5. The van der Waals surface area contributed by atoms with Crippen LogP contribution in [0.2, 0.25) is 0 Å². The lowest BCUT2D eigenvalue weighted by Crippen LogP contribution is -2.41. The molecule has 0 aliphatic heterocycles. The predicted molar refractivity (Wildman–Crippen MR) is 100.0 cm³/mol. The van der Waals surface area contributed by atoms with Crippen LogP contribution in [-0.2, 0) is 11.2 Å². The fourth-order valence-corrected chi connectivity index (χ4v) is 2.46. The van der Waals surface area contributed by atoms with Crippen molar-refractivity contribution in [2.24, 2.45) is 0 Å². The SMILES string of the molecule is O=CNc1cc(OC[C@H](O)CN[C@H](CO)Cc2ccc(O)cc2)ccc1O. The zero-order valence-electron chi connectivity index (χ0n) is 14.7. The number of aromatic hydroxyl groups is 2. The van der Waals surface area contributed by atoms with E-state index in [1.54, 1.807) is 24.3 Å². The predicted octanol–water partition coefficient (Wildman–Crippen LogP) is 0.599. The van der Waals surface area contributed by atoms with Gasteiger partial charge in [0.2, 0.25) is 6.41 Å². The van der Waals surface area contributed by atoms with Crippen molar-refractivity contribution in [1.82, 2.24) is 5.32 Å². The van der Waals surface area contributed by atoms with Gasteiger partial charge in [-0.25, -0.2) is 0 Å². The number of nitrogens with one attached hydrogen (secondary N) is 2. The molecular formula is C19H24N2O6. The molecule has 2 aromatic carbocycles. The van der Waals surface area contributed by atoms with Crippen molar-refractivity contribution in [3.05, 3.63) is 48.0 Å². The molecule has 0 unspecified atom stereocenters. The molecule has 0 spiro atoms. The number of ether oxygens (including phenoxy) is 1. The number of carbonyl (C=O) groups is 1. The molecule has 27 heavy (non-hydrogen) atoms. The maximum Gasteiger partial charge on any atom is 0.211 e. The third-order valence-electron chi connectivity index (χ3n) is 3.91. The van der Waals surface area contributed by atoms with E-state index in [1.807, 2.05) is 0 Å². The summed E-state index contributed by atoms with van der Waals surface area (Å²) in [5, 5.41) is 43.8. The average molecular weight is 376 g/mol. The number of carbonyl (C=O) groups excluding carboxylic acids is 1. The fourth-order valence-electron chi connectivity index (χ4n) is 2.46. The smallest absolute Gasteiger partial charge is 0.211 e. The number of aliphatic hydroxyl groups is 2. The van der Waals surface area contributed by atoms with Crippen LogP contribution in [0.5, 0.6) is 17.2 Å². The van der Waals surface area contributed by atoms with Gasteiger partial charge in [-0.15, -0.1) is 0 Å². The monoisotopic (exact) mass is 376 g/mol. The van der Waals surface area contributed by atoms with Crippen LogP contribution in [0.3, 0.4) is 0 Å². The summed E-state index contributed by atoms with van der Waals surface area (Å²) in [7, 11) is 0. The number of amides is 1. The van der Waals surface area contributed by atoms with Gasteiger partial charge in [0.25, 0.3) is 0 Å². The molecule has 0 aromatic heterocycles. The summed E-state index contributed by atoms with van der Waals surface area (Å²) >= 11 is 0. The van der Waals surface area contributed by atoms with Crippen LogP contribution >= 0.6 is 0 Å². The molecule has 1 amide bonds. The van der Waals surface area contributed by atoms with Gasteiger partial charge in [-0.05, 0) is 36.2 Å². The lowest BCUT2D eigenvalue weighted by atomic mass is 10.1. The molecule has 2 rings (SSSR count). The van der Waals surface area contributed by atoms with Crippen molar-refractivity contribution in [2.45, 2.75) is 18.6 Å². The van der Waals surface area contributed by atoms with Crippen LogP contribution in [0.15, 0.2) is 42.5 Å². The van der Waals surface area contributed by atoms with Crippen LogP contribution in [0, 0.1) is 0 Å². The molecule has 0 aliphatic carbocycles. The first-order valence-corrected chi connectivity index (χ1v) is 8.48. The highest BCUT2D eigenvalue weighted by molar-refractivity contribution is 5.76. The Hall–Kier alpha value is -2.81. The van der Waals surface area contributed by atoms with Gasteiger partial charge in [-0.3, -0.25) is 4.79 Å². The lowest BCUT2D eigenvalue weighted by molar-refractivity contribution is -0.105. The molecule has 0 radical (unpaired) electrons. The van der Waals surface area contributed by atoms with E-state index < -0.39 is 6.10 Å². The number of phenolic OH excluding ortho intramolecular Hbond substituents is 2. The molecule has 0 saturated heterocycles. The highest BCUT2D eigenvalue weighted by Crippen LogP contribution is 2.27. The number of anilines is 1. The van der Waals surface area contributed by atoms with Crippen LogP contribution in [0.25, 0.3) is 0 Å². The topological polar surface area (TPSA) is 131 Å². The van der Waals surface area contributed by atoms with Crippen LogP contribution in [-0.4, -0.2) is 58.7 Å². The summed E-state index contributed by atoms with van der Waals surface area (Å²) in [4.78, 5) is 10.5. The fraction of sp³-hybridized carbons (Fsp3) is 0.316. The number of hydrogen-bond acceptors (Lipinski definition) is 7. The molecule has 0 fully saturated rings. The van der Waals surface area contributed by atoms with Gasteiger partial charge in [-0.2, -0.15) is 0 Å². The number of aliphatic hydroxyl groups excluding tert-OH is 2. The molecule has 8 nitrogen and oxygen atoms in total. The Bertz CT molecular complexity index is 723. The van der Waals surface area contributed by atoms with Crippen molar-refractivity contribution in [2.75, 3.05) is 25.1 Å². The van der Waals surface area contributed by atoms with E-state index in [0.717, 1.165) is 5.56 Å². The number of phenols is 2. The Kier molecular flexibility index (Phi) is 7.87. The van der Waals surface area contributed by atoms with Crippen molar-refractivity contribution in [3.8, 4) is 17.2 Å². The summed E-state index contributed by atoms with van der Waals surface area (Å²) in [5.41, 5.74) is 1.16. The Balaban J connectivity index is 1.79. The standard InChI is InChI=1S/C19H24N2O6/c22-10-14(7-13-1-3-15(24)4-2-13)20-9-16(25)11-27-17-5-6-19(26)18(8-17)21-12-23/h1-6,8,12,14,16,20,22,24-26H,7,9-11H2,(H,21,23)/t14-,16+/m0/s1. The minimum atomic E-state index is -0.824. The number of benzene rings is 2. The van der Waals surface area contributed by atoms with Crippen LogP contribution in [0.4, 0.5) is 5.69 Å². The molecule has 8 heteroatoms. The van der Waals surface area contributed by atoms with E-state index in [-0.39, 0.29) is 43.0 Å². The third-order valence-corrected chi connectivity index (χ3v) is 3.91. The highest BCUT2D eigenvalue weighted by atomic mass is 16.5. The molecule has 0 aliphatic rings. The van der Waals surface area contributed by atoms with Gasteiger partial charge in [0.15, 0.2) is 0 Å². The second kappa shape index (κ2) is 10.4. The van der Waals surface area contributed by atoms with E-state index >= 15 is 0 Å². The first-order valence-electron chi connectivity index (χ1n) is 8.48. The van der Waals surface area contributed by atoms with Crippen molar-refractivity contribution >= 4 is 12.1 Å². The molecule has 2 aromatic rings. The zero-order valence-corrected chi connectivity index (χ0v) is 14.7. The molecule has 146 valence electrons. The zero-order chi connectivity index (χ0) is 19.6. The quantitative estimate of drug-likeness (QED) is 0.250. The highest BCUT2D eigenvalue weighted by Gasteiger charge is 2.12. The lowest BCUT2D eigenvalue weighted by Gasteiger charge is -2.19. The van der Waals surface area contributed by atoms with E-state index in [1.165, 1.54) is 18.2 Å². The van der Waals surface area contributed by atoms with Gasteiger partial charge in [-0.1, -0.05) is 12.1 Å². The van der Waals surface area contributed by atoms with Crippen LogP contribution < -0.4 is 15.4 Å². The van der Waals surface area contributed by atoms with Crippen LogP contribution in [0.1, 0.15) is 5.56 Å². The van der Waals surface area contributed by atoms with E-state index in [9.17, 15) is 25.2 Å². The van der Waals surface area contributed by atoms with Gasteiger partial charge >= 0.3 is 0 Å². The maximum atomic E-state index is 10.5. The Labute approximate surface area is 157 Å². The first kappa shape index (κ1) is 20.5. The minimum absolute atomic E-state index is 0.00430. The number of rotatable bonds is 11. The second-order valence-electron chi connectivity index (χ2n) is 6.06. The third kappa shape index (κ3) is 6.78. The normalized spacial score (nSPS) is 13.0. The van der Waals surface area contributed by atoms with Crippen molar-refractivity contribution < 1.29 is 30.0 Å². The Morgan fingerprint density at radius 1 is 1.11 bits per heavy atom. The van der Waals surface area contributed by atoms with Gasteiger partial charge in [0.05, 0.1) is 12.3 Å². The van der Waals surface area contributed by atoms with Gasteiger partial charge in [0.1, 0.15) is 30.0 Å². The Morgan fingerprint density at radius 2 is 1.85 bits per heavy atom. The second-order valence-corrected chi connectivity index (χ2v) is 6.06. The largest absolute Gasteiger partial charge is 0.508 e. The van der Waals surface area contributed by atoms with Gasteiger partial charge < -0.3 is 35.8 Å². The van der Waals surface area contributed by atoms with Crippen molar-refractivity contribution in [1.29, 1.82) is 0 Å². The molecule has 0 saturated carbocycles.